The maximum absolute atomic E-state index is 13.1. The molecule has 0 saturated carbocycles. The molecule has 0 bridgehead atoms. The van der Waals surface area contributed by atoms with E-state index in [9.17, 15) is 9.59 Å². The average Bonchev–Trinajstić information content (AvgIpc) is 2.82. The van der Waals surface area contributed by atoms with Crippen LogP contribution in [0.25, 0.3) is 0 Å². The summed E-state index contributed by atoms with van der Waals surface area (Å²) < 4.78 is 0. The summed E-state index contributed by atoms with van der Waals surface area (Å²) in [5, 5.41) is 0. The number of carbonyl (C=O) groups is 2. The number of benzene rings is 2. The van der Waals surface area contributed by atoms with Crippen molar-refractivity contribution in [3.8, 4) is 11.8 Å². The molecule has 0 N–H and O–H groups in total. The molecule has 0 atom stereocenters. The van der Waals surface area contributed by atoms with E-state index in [0.717, 1.165) is 12.1 Å². The van der Waals surface area contributed by atoms with E-state index in [1.54, 1.807) is 24.3 Å². The molecule has 3 heteroatoms. The highest BCUT2D eigenvalue weighted by Crippen LogP contribution is 2.39. The van der Waals surface area contributed by atoms with Crippen molar-refractivity contribution in [3.63, 3.8) is 0 Å². The molecule has 2 aromatic carbocycles. The Morgan fingerprint density at radius 2 is 1.44 bits per heavy atom. The lowest BCUT2D eigenvalue weighted by Gasteiger charge is -2.19. The predicted molar refractivity (Wildman–Crippen MR) is 98.6 cm³/mol. The molecule has 0 aliphatic heterocycles. The second-order valence-electron chi connectivity index (χ2n) is 6.63. The van der Waals surface area contributed by atoms with Gasteiger partial charge in [0.2, 0.25) is 0 Å². The molecule has 126 valence electrons. The van der Waals surface area contributed by atoms with Crippen LogP contribution in [0.4, 0.5) is 0 Å². The lowest BCUT2D eigenvalue weighted by molar-refractivity contribution is 0.0770. The summed E-state index contributed by atoms with van der Waals surface area (Å²) in [4.78, 5) is 28.3. The minimum atomic E-state index is -1.29. The van der Waals surface area contributed by atoms with Crippen molar-refractivity contribution in [2.45, 2.75) is 12.8 Å². The van der Waals surface area contributed by atoms with Gasteiger partial charge in [0.25, 0.3) is 0 Å². The highest BCUT2D eigenvalue weighted by molar-refractivity contribution is 6.31. The van der Waals surface area contributed by atoms with Gasteiger partial charge < -0.3 is 4.90 Å². The topological polar surface area (TPSA) is 37.4 Å². The maximum atomic E-state index is 13.1. The van der Waals surface area contributed by atoms with Gasteiger partial charge in [0.05, 0.1) is 0 Å². The largest absolute Gasteiger partial charge is 0.308 e. The zero-order chi connectivity index (χ0) is 17.9. The fourth-order valence-corrected chi connectivity index (χ4v) is 3.16. The Hall–Kier alpha value is -2.70. The Morgan fingerprint density at radius 3 is 2.00 bits per heavy atom. The molecule has 0 unspecified atom stereocenters. The number of carbonyl (C=O) groups excluding carboxylic acids is 2. The second-order valence-corrected chi connectivity index (χ2v) is 6.63. The van der Waals surface area contributed by atoms with Gasteiger partial charge in [-0.2, -0.15) is 0 Å². The minimum absolute atomic E-state index is 0.172. The molecule has 3 rings (SSSR count). The normalized spacial score (nSPS) is 15.0. The van der Waals surface area contributed by atoms with E-state index in [4.69, 9.17) is 0 Å². The Kier molecular flexibility index (Phi) is 4.83. The van der Waals surface area contributed by atoms with Gasteiger partial charge in [-0.25, -0.2) is 0 Å². The number of fused-ring (bicyclic) bond motifs is 1. The summed E-state index contributed by atoms with van der Waals surface area (Å²) in [6, 6.07) is 16.7. The highest BCUT2D eigenvalue weighted by Gasteiger charge is 2.51. The van der Waals surface area contributed by atoms with Crippen LogP contribution >= 0.6 is 0 Å². The molecular formula is C22H21NO2. The van der Waals surface area contributed by atoms with E-state index in [0.29, 0.717) is 24.0 Å². The first-order valence-corrected chi connectivity index (χ1v) is 8.42. The predicted octanol–water partition coefficient (Wildman–Crippen LogP) is 3.25. The van der Waals surface area contributed by atoms with Crippen LogP contribution in [-0.2, 0) is 6.42 Å². The summed E-state index contributed by atoms with van der Waals surface area (Å²) in [7, 11) is 3.95. The number of hydrogen-bond donors (Lipinski definition) is 0. The maximum Gasteiger partial charge on any atom is 0.189 e. The van der Waals surface area contributed by atoms with Crippen LogP contribution in [0.3, 0.4) is 0 Å². The van der Waals surface area contributed by atoms with E-state index in [2.05, 4.69) is 11.8 Å². The fraction of sp³-hybridized carbons (Fsp3) is 0.273. The lowest BCUT2D eigenvalue weighted by atomic mass is 9.77. The van der Waals surface area contributed by atoms with Crippen LogP contribution in [0.15, 0.2) is 54.6 Å². The Labute approximate surface area is 148 Å². The van der Waals surface area contributed by atoms with Crippen molar-refractivity contribution in [2.75, 3.05) is 20.6 Å². The average molecular weight is 331 g/mol. The molecule has 0 amide bonds. The molecule has 2 aromatic rings. The molecule has 0 aromatic heterocycles. The first-order valence-electron chi connectivity index (χ1n) is 8.42. The summed E-state index contributed by atoms with van der Waals surface area (Å²) in [5.74, 6) is 5.81. The number of Topliss-reactive ketones (excluding diaryl/α,β-unsaturated/α-hetero) is 2. The van der Waals surface area contributed by atoms with Crippen molar-refractivity contribution in [1.82, 2.24) is 4.90 Å². The molecule has 25 heavy (non-hydrogen) atoms. The Balaban J connectivity index is 2.02. The standard InChI is InChI=1S/C22H21NO2/c1-23(2)15-9-8-14-22(16-17-10-4-3-5-11-17)20(24)18-12-6-7-13-19(18)21(22)25/h3-7,10-13H,9,15-16H2,1-2H3. The fourth-order valence-electron chi connectivity index (χ4n) is 3.16. The molecule has 3 nitrogen and oxygen atoms in total. The Bertz CT molecular complexity index is 821. The van der Waals surface area contributed by atoms with Crippen LogP contribution in [0.2, 0.25) is 0 Å². The molecule has 0 spiro atoms. The van der Waals surface area contributed by atoms with Crippen molar-refractivity contribution in [1.29, 1.82) is 0 Å². The van der Waals surface area contributed by atoms with Gasteiger partial charge in [0.15, 0.2) is 17.0 Å². The van der Waals surface area contributed by atoms with Crippen LogP contribution in [0.1, 0.15) is 32.7 Å². The van der Waals surface area contributed by atoms with E-state index in [1.165, 1.54) is 0 Å². The smallest absolute Gasteiger partial charge is 0.189 e. The van der Waals surface area contributed by atoms with E-state index < -0.39 is 5.41 Å². The third-order valence-corrected chi connectivity index (χ3v) is 4.49. The van der Waals surface area contributed by atoms with Crippen molar-refractivity contribution in [3.05, 3.63) is 71.3 Å². The number of rotatable bonds is 4. The van der Waals surface area contributed by atoms with Crippen molar-refractivity contribution in [2.24, 2.45) is 5.41 Å². The van der Waals surface area contributed by atoms with Crippen LogP contribution < -0.4 is 0 Å². The molecule has 0 saturated heterocycles. The highest BCUT2D eigenvalue weighted by atomic mass is 16.2. The molecule has 1 aliphatic rings. The quantitative estimate of drug-likeness (QED) is 0.637. The molecule has 1 aliphatic carbocycles. The number of ketones is 2. The van der Waals surface area contributed by atoms with Gasteiger partial charge in [0, 0.05) is 30.5 Å². The van der Waals surface area contributed by atoms with Gasteiger partial charge in [0.1, 0.15) is 0 Å². The summed E-state index contributed by atoms with van der Waals surface area (Å²) >= 11 is 0. The number of hydrogen-bond acceptors (Lipinski definition) is 3. The zero-order valence-corrected chi connectivity index (χ0v) is 14.6. The summed E-state index contributed by atoms with van der Waals surface area (Å²) in [6.07, 6.45) is 0.940. The third-order valence-electron chi connectivity index (χ3n) is 4.49. The van der Waals surface area contributed by atoms with E-state index >= 15 is 0 Å². The van der Waals surface area contributed by atoms with Crippen LogP contribution in [0.5, 0.6) is 0 Å². The zero-order valence-electron chi connectivity index (χ0n) is 14.6. The monoisotopic (exact) mass is 331 g/mol. The second kappa shape index (κ2) is 7.04. The first kappa shape index (κ1) is 17.1. The number of nitrogens with zero attached hydrogens (tertiary/aromatic N) is 1. The SMILES string of the molecule is CN(C)CCC#CC1(Cc2ccccc2)C(=O)c2ccccc2C1=O. The lowest BCUT2D eigenvalue weighted by Crippen LogP contribution is -2.34. The van der Waals surface area contributed by atoms with Crippen molar-refractivity contribution < 1.29 is 9.59 Å². The third kappa shape index (κ3) is 3.26. The van der Waals surface area contributed by atoms with E-state index in [-0.39, 0.29) is 11.6 Å². The van der Waals surface area contributed by atoms with Crippen molar-refractivity contribution >= 4 is 11.6 Å². The van der Waals surface area contributed by atoms with Crippen LogP contribution in [0, 0.1) is 17.3 Å². The molecule has 0 radical (unpaired) electrons. The van der Waals surface area contributed by atoms with Gasteiger partial charge in [-0.1, -0.05) is 60.5 Å². The molecule has 0 heterocycles. The van der Waals surface area contributed by atoms with Gasteiger partial charge in [-0.3, -0.25) is 9.59 Å². The molecular weight excluding hydrogens is 310 g/mol. The minimum Gasteiger partial charge on any atom is -0.308 e. The summed E-state index contributed by atoms with van der Waals surface area (Å²) in [6.45, 7) is 0.795. The van der Waals surface area contributed by atoms with Gasteiger partial charge in [-0.05, 0) is 19.7 Å². The summed E-state index contributed by atoms with van der Waals surface area (Å²) in [5.41, 5.74) is 0.631. The van der Waals surface area contributed by atoms with Crippen LogP contribution in [-0.4, -0.2) is 37.1 Å². The van der Waals surface area contributed by atoms with Gasteiger partial charge in [-0.15, -0.1) is 5.92 Å². The molecule has 0 fully saturated rings. The first-order chi connectivity index (χ1) is 12.0. The van der Waals surface area contributed by atoms with E-state index in [1.807, 2.05) is 49.3 Å². The van der Waals surface area contributed by atoms with Gasteiger partial charge >= 0.3 is 0 Å². The Morgan fingerprint density at radius 1 is 0.880 bits per heavy atom.